The second kappa shape index (κ2) is 5.75. The maximum Gasteiger partial charge on any atom is 0.405 e. The van der Waals surface area contributed by atoms with E-state index in [9.17, 15) is 13.6 Å². The van der Waals surface area contributed by atoms with Crippen molar-refractivity contribution in [2.75, 3.05) is 0 Å². The number of halogens is 2. The van der Waals surface area contributed by atoms with Gasteiger partial charge in [0, 0.05) is 6.07 Å². The third-order valence-corrected chi connectivity index (χ3v) is 3.95. The molecular weight excluding hydrogens is 288 g/mol. The third-order valence-electron chi connectivity index (χ3n) is 3.95. The van der Waals surface area contributed by atoms with Gasteiger partial charge in [-0.25, -0.2) is 13.6 Å². The molecule has 0 saturated heterocycles. The summed E-state index contributed by atoms with van der Waals surface area (Å²) in [4.78, 5) is 10.9. The molecule has 2 aromatic carbocycles. The van der Waals surface area contributed by atoms with Crippen LogP contribution < -0.4 is 5.32 Å². The average Bonchev–Trinajstić information content (AvgIpc) is 2.45. The van der Waals surface area contributed by atoms with Crippen LogP contribution in [0.2, 0.25) is 0 Å². The highest BCUT2D eigenvalue weighted by molar-refractivity contribution is 5.68. The van der Waals surface area contributed by atoms with Crippen molar-refractivity contribution in [3.05, 3.63) is 59.2 Å². The molecule has 0 spiro atoms. The van der Waals surface area contributed by atoms with Gasteiger partial charge in [0.2, 0.25) is 0 Å². The van der Waals surface area contributed by atoms with Crippen LogP contribution in [0, 0.1) is 11.6 Å². The maximum atomic E-state index is 13.4. The Kier molecular flexibility index (Phi) is 3.79. The Morgan fingerprint density at radius 3 is 2.50 bits per heavy atom. The molecule has 0 bridgehead atoms. The van der Waals surface area contributed by atoms with Crippen molar-refractivity contribution in [2.45, 2.75) is 25.3 Å². The highest BCUT2D eigenvalue weighted by Crippen LogP contribution is 2.33. The molecule has 114 valence electrons. The summed E-state index contributed by atoms with van der Waals surface area (Å²) in [6.07, 6.45) is 1.44. The Hall–Kier alpha value is -2.43. The lowest BCUT2D eigenvalue weighted by molar-refractivity contribution is 0.188. The van der Waals surface area contributed by atoms with E-state index in [0.29, 0.717) is 11.1 Å². The zero-order valence-electron chi connectivity index (χ0n) is 11.8. The van der Waals surface area contributed by atoms with Gasteiger partial charge >= 0.3 is 6.09 Å². The highest BCUT2D eigenvalue weighted by atomic mass is 19.1. The van der Waals surface area contributed by atoms with Crippen molar-refractivity contribution in [1.82, 2.24) is 5.32 Å². The monoisotopic (exact) mass is 303 g/mol. The van der Waals surface area contributed by atoms with Crippen molar-refractivity contribution in [2.24, 2.45) is 0 Å². The molecule has 1 aliphatic carbocycles. The van der Waals surface area contributed by atoms with Gasteiger partial charge < -0.3 is 10.4 Å². The predicted octanol–water partition coefficient (Wildman–Crippen LogP) is 4.28. The summed E-state index contributed by atoms with van der Waals surface area (Å²) in [5, 5.41) is 11.4. The normalized spacial score (nSPS) is 16.9. The zero-order chi connectivity index (χ0) is 15.7. The van der Waals surface area contributed by atoms with E-state index in [1.165, 1.54) is 12.1 Å². The quantitative estimate of drug-likeness (QED) is 0.870. The molecule has 0 fully saturated rings. The number of nitrogens with one attached hydrogen (secondary N) is 1. The number of fused-ring (bicyclic) bond motifs is 1. The van der Waals surface area contributed by atoms with Gasteiger partial charge in [-0.15, -0.1) is 0 Å². The van der Waals surface area contributed by atoms with Crippen molar-refractivity contribution in [3.8, 4) is 11.1 Å². The molecule has 3 rings (SSSR count). The molecule has 0 radical (unpaired) electrons. The molecule has 0 heterocycles. The van der Waals surface area contributed by atoms with E-state index in [1.807, 2.05) is 18.2 Å². The molecule has 1 aliphatic rings. The van der Waals surface area contributed by atoms with Crippen LogP contribution in [-0.2, 0) is 6.42 Å². The first kappa shape index (κ1) is 14.5. The number of hydrogen-bond acceptors (Lipinski definition) is 1. The van der Waals surface area contributed by atoms with Crippen molar-refractivity contribution < 1.29 is 18.7 Å². The molecule has 2 N–H and O–H groups in total. The molecule has 0 aromatic heterocycles. The van der Waals surface area contributed by atoms with Crippen molar-refractivity contribution >= 4 is 6.09 Å². The van der Waals surface area contributed by atoms with E-state index in [-0.39, 0.29) is 6.04 Å². The number of benzene rings is 2. The minimum Gasteiger partial charge on any atom is -0.465 e. The largest absolute Gasteiger partial charge is 0.465 e. The first-order valence-electron chi connectivity index (χ1n) is 7.11. The molecule has 0 aliphatic heterocycles. The smallest absolute Gasteiger partial charge is 0.405 e. The Morgan fingerprint density at radius 2 is 1.82 bits per heavy atom. The fourth-order valence-corrected chi connectivity index (χ4v) is 3.00. The predicted molar refractivity (Wildman–Crippen MR) is 78.6 cm³/mol. The van der Waals surface area contributed by atoms with E-state index >= 15 is 0 Å². The third kappa shape index (κ3) is 2.93. The maximum absolute atomic E-state index is 13.4. The summed E-state index contributed by atoms with van der Waals surface area (Å²) in [5.41, 5.74) is 3.08. The van der Waals surface area contributed by atoms with Gasteiger partial charge in [-0.2, -0.15) is 0 Å². The van der Waals surface area contributed by atoms with Gasteiger partial charge in [-0.05, 0) is 59.7 Å². The first-order chi connectivity index (χ1) is 10.5. The lowest BCUT2D eigenvalue weighted by Gasteiger charge is -2.26. The summed E-state index contributed by atoms with van der Waals surface area (Å²) < 4.78 is 26.7. The molecular formula is C17H15F2NO2. The summed E-state index contributed by atoms with van der Waals surface area (Å²) in [6.45, 7) is 0. The van der Waals surface area contributed by atoms with Crippen LogP contribution in [0.3, 0.4) is 0 Å². The molecule has 1 unspecified atom stereocenters. The summed E-state index contributed by atoms with van der Waals surface area (Å²) in [6, 6.07) is 8.64. The Bertz CT molecular complexity index is 710. The van der Waals surface area contributed by atoms with E-state index < -0.39 is 17.7 Å². The van der Waals surface area contributed by atoms with Gasteiger partial charge in [-0.1, -0.05) is 12.1 Å². The van der Waals surface area contributed by atoms with Gasteiger partial charge in [0.25, 0.3) is 0 Å². The SMILES string of the molecule is O=C(O)NC1CCCc2ccc(-c3cc(F)cc(F)c3)cc21. The molecule has 1 atom stereocenters. The Balaban J connectivity index is 2.03. The molecule has 22 heavy (non-hydrogen) atoms. The van der Waals surface area contributed by atoms with Gasteiger partial charge in [-0.3, -0.25) is 0 Å². The van der Waals surface area contributed by atoms with E-state index in [0.717, 1.165) is 36.5 Å². The Morgan fingerprint density at radius 1 is 1.09 bits per heavy atom. The average molecular weight is 303 g/mol. The topological polar surface area (TPSA) is 49.3 Å². The molecule has 0 saturated carbocycles. The molecule has 2 aromatic rings. The lowest BCUT2D eigenvalue weighted by atomic mass is 9.85. The zero-order valence-corrected chi connectivity index (χ0v) is 11.8. The molecule has 3 nitrogen and oxygen atoms in total. The second-order valence-corrected chi connectivity index (χ2v) is 5.47. The van der Waals surface area contributed by atoms with Crippen LogP contribution >= 0.6 is 0 Å². The summed E-state index contributed by atoms with van der Waals surface area (Å²) >= 11 is 0. The van der Waals surface area contributed by atoms with Crippen LogP contribution in [0.25, 0.3) is 11.1 Å². The Labute approximate surface area is 126 Å². The number of carboxylic acid groups (broad SMARTS) is 1. The highest BCUT2D eigenvalue weighted by Gasteiger charge is 2.22. The van der Waals surface area contributed by atoms with Crippen LogP contribution in [0.1, 0.15) is 30.0 Å². The standard InChI is InChI=1S/C17H15F2NO2/c18-13-6-12(7-14(19)9-13)11-5-4-10-2-1-3-16(15(10)8-11)20-17(21)22/h4-9,16,20H,1-3H2,(H,21,22). The van der Waals surface area contributed by atoms with E-state index in [1.54, 1.807) is 0 Å². The van der Waals surface area contributed by atoms with Crippen LogP contribution in [0.15, 0.2) is 36.4 Å². The summed E-state index contributed by atoms with van der Waals surface area (Å²) in [5.74, 6) is -1.26. The van der Waals surface area contributed by atoms with Gasteiger partial charge in [0.05, 0.1) is 6.04 Å². The minimum absolute atomic E-state index is 0.278. The summed E-state index contributed by atoms with van der Waals surface area (Å²) in [7, 11) is 0. The molecule has 5 heteroatoms. The van der Waals surface area contributed by atoms with Crippen LogP contribution in [-0.4, -0.2) is 11.2 Å². The van der Waals surface area contributed by atoms with Crippen molar-refractivity contribution in [3.63, 3.8) is 0 Å². The fourth-order valence-electron chi connectivity index (χ4n) is 3.00. The number of amides is 1. The van der Waals surface area contributed by atoms with Crippen LogP contribution in [0.5, 0.6) is 0 Å². The number of carbonyl (C=O) groups is 1. The van der Waals surface area contributed by atoms with E-state index in [2.05, 4.69) is 5.32 Å². The molecule has 1 amide bonds. The van der Waals surface area contributed by atoms with Crippen molar-refractivity contribution in [1.29, 1.82) is 0 Å². The second-order valence-electron chi connectivity index (χ2n) is 5.47. The van der Waals surface area contributed by atoms with E-state index in [4.69, 9.17) is 5.11 Å². The number of rotatable bonds is 2. The fraction of sp³-hybridized carbons (Fsp3) is 0.235. The first-order valence-corrected chi connectivity index (χ1v) is 7.11. The lowest BCUT2D eigenvalue weighted by Crippen LogP contribution is -2.29. The van der Waals surface area contributed by atoms with Gasteiger partial charge in [0.15, 0.2) is 0 Å². The number of aryl methyl sites for hydroxylation is 1. The van der Waals surface area contributed by atoms with Gasteiger partial charge in [0.1, 0.15) is 11.6 Å². The van der Waals surface area contributed by atoms with Crippen LogP contribution in [0.4, 0.5) is 13.6 Å². The minimum atomic E-state index is -1.07. The number of hydrogen-bond donors (Lipinski definition) is 2.